The van der Waals surface area contributed by atoms with Crippen molar-refractivity contribution in [1.82, 2.24) is 19.6 Å². The van der Waals surface area contributed by atoms with Crippen LogP contribution in [0, 0.1) is 0 Å². The first-order valence-corrected chi connectivity index (χ1v) is 13.2. The van der Waals surface area contributed by atoms with Gasteiger partial charge in [0.25, 0.3) is 11.5 Å². The van der Waals surface area contributed by atoms with Gasteiger partial charge in [0.1, 0.15) is 17.1 Å². The van der Waals surface area contributed by atoms with Crippen LogP contribution < -0.4 is 0 Å². The Bertz CT molecular complexity index is 1630. The van der Waals surface area contributed by atoms with Gasteiger partial charge in [0, 0.05) is 51.1 Å². The van der Waals surface area contributed by atoms with Crippen molar-refractivity contribution in [3.63, 3.8) is 0 Å². The van der Waals surface area contributed by atoms with E-state index in [-0.39, 0.29) is 0 Å². The van der Waals surface area contributed by atoms with Crippen LogP contribution in [0.15, 0.2) is 95.4 Å². The van der Waals surface area contributed by atoms with Crippen molar-refractivity contribution >= 4 is 39.4 Å². The van der Waals surface area contributed by atoms with Gasteiger partial charge in [0.15, 0.2) is 5.52 Å². The summed E-state index contributed by atoms with van der Waals surface area (Å²) in [5.41, 5.74) is 5.77. The largest absolute Gasteiger partial charge is 0.436 e. The molecule has 6 aromatic rings. The molecule has 0 bridgehead atoms. The first kappa shape index (κ1) is 23.0. The van der Waals surface area contributed by atoms with Crippen LogP contribution in [0.3, 0.4) is 0 Å². The highest BCUT2D eigenvalue weighted by molar-refractivity contribution is 7.83. The molecule has 3 aromatic heterocycles. The van der Waals surface area contributed by atoms with Crippen molar-refractivity contribution in [3.05, 3.63) is 96.0 Å². The molecule has 0 saturated heterocycles. The molecule has 0 unspecified atom stereocenters. The van der Waals surface area contributed by atoms with Crippen LogP contribution in [-0.4, -0.2) is 36.3 Å². The Hall–Kier alpha value is -3.81. The smallest absolute Gasteiger partial charge is 0.255 e. The number of aromatic nitrogens is 4. The van der Waals surface area contributed by atoms with Gasteiger partial charge in [0.05, 0.1) is 0 Å². The fraction of sp³-hybridized carbons (Fsp3) is 0.0741. The zero-order valence-corrected chi connectivity index (χ0v) is 20.6. The van der Waals surface area contributed by atoms with Crippen molar-refractivity contribution in [2.24, 2.45) is 0 Å². The molecule has 0 saturated carbocycles. The topological polar surface area (TPSA) is 73.3 Å². The lowest BCUT2D eigenvalue weighted by Gasteiger charge is -2.04. The zero-order chi connectivity index (χ0) is 24.4. The fourth-order valence-electron chi connectivity index (χ4n) is 3.70. The van der Waals surface area contributed by atoms with E-state index in [2.05, 4.69) is 17.1 Å². The number of fused-ring (bicyclic) bond motifs is 2. The second-order valence-corrected chi connectivity index (χ2v) is 9.83. The second-order valence-electron chi connectivity index (χ2n) is 7.91. The van der Waals surface area contributed by atoms with Gasteiger partial charge in [-0.15, -0.1) is 0 Å². The molecule has 0 aliphatic heterocycles. The number of hydrogen-bond donors (Lipinski definition) is 0. The SMILES string of the molecule is CS(C)=O.Clc1ccc(-c2cc3nn4c(-c5ccccc5)c(-c5ccccc5)nc4nc3o2)cc1. The van der Waals surface area contributed by atoms with Gasteiger partial charge in [-0.1, -0.05) is 72.3 Å². The summed E-state index contributed by atoms with van der Waals surface area (Å²) in [4.78, 5) is 9.49. The summed E-state index contributed by atoms with van der Waals surface area (Å²) in [5.74, 6) is 1.17. The summed E-state index contributed by atoms with van der Waals surface area (Å²) in [5, 5.41) is 5.51. The van der Waals surface area contributed by atoms with Crippen molar-refractivity contribution in [3.8, 4) is 33.8 Å². The fourth-order valence-corrected chi connectivity index (χ4v) is 3.82. The van der Waals surface area contributed by atoms with Crippen LogP contribution >= 0.6 is 11.6 Å². The maximum atomic E-state index is 9.56. The van der Waals surface area contributed by atoms with E-state index in [4.69, 9.17) is 26.1 Å². The molecule has 0 amide bonds. The number of nitrogens with zero attached hydrogens (tertiary/aromatic N) is 4. The Morgan fingerprint density at radius 1 is 0.800 bits per heavy atom. The van der Waals surface area contributed by atoms with Crippen LogP contribution in [0.5, 0.6) is 0 Å². The summed E-state index contributed by atoms with van der Waals surface area (Å²) in [6.07, 6.45) is 3.28. The highest BCUT2D eigenvalue weighted by Crippen LogP contribution is 2.33. The molecular weight excluding hydrogens is 480 g/mol. The Morgan fingerprint density at radius 3 is 2.03 bits per heavy atom. The minimum Gasteiger partial charge on any atom is -0.436 e. The van der Waals surface area contributed by atoms with Crippen molar-refractivity contribution < 1.29 is 8.63 Å². The van der Waals surface area contributed by atoms with E-state index in [9.17, 15) is 4.21 Å². The predicted molar refractivity (Wildman–Crippen MR) is 142 cm³/mol. The monoisotopic (exact) mass is 500 g/mol. The highest BCUT2D eigenvalue weighted by atomic mass is 35.5. The van der Waals surface area contributed by atoms with Gasteiger partial charge < -0.3 is 4.42 Å². The molecule has 0 spiro atoms. The molecule has 8 heteroatoms. The van der Waals surface area contributed by atoms with Gasteiger partial charge in [-0.2, -0.15) is 14.6 Å². The second kappa shape index (κ2) is 9.82. The predicted octanol–water partition coefficient (Wildman–Crippen LogP) is 6.52. The molecule has 0 aliphatic carbocycles. The lowest BCUT2D eigenvalue weighted by molar-refractivity contribution is 0.616. The van der Waals surface area contributed by atoms with E-state index in [1.54, 1.807) is 17.0 Å². The number of furan rings is 1. The van der Waals surface area contributed by atoms with E-state index >= 15 is 0 Å². The number of halogens is 1. The third-order valence-corrected chi connectivity index (χ3v) is 5.42. The van der Waals surface area contributed by atoms with Crippen LogP contribution in [0.2, 0.25) is 5.02 Å². The molecule has 35 heavy (non-hydrogen) atoms. The van der Waals surface area contributed by atoms with Gasteiger partial charge in [-0.3, -0.25) is 4.21 Å². The molecule has 0 fully saturated rings. The van der Waals surface area contributed by atoms with Gasteiger partial charge in [-0.05, 0) is 24.3 Å². The van der Waals surface area contributed by atoms with Crippen molar-refractivity contribution in [1.29, 1.82) is 0 Å². The summed E-state index contributed by atoms with van der Waals surface area (Å²) < 4.78 is 17.3. The van der Waals surface area contributed by atoms with Crippen molar-refractivity contribution in [2.45, 2.75) is 0 Å². The standard InChI is InChI=1S/C25H15ClN4O.C2H6OS/c26-19-13-11-16(12-14-19)21-15-20-24(31-21)28-25-27-22(17-7-3-1-4-8-17)23(30(25)29-20)18-9-5-2-6-10-18;1-4(2)3/h1-15H;1-2H3. The summed E-state index contributed by atoms with van der Waals surface area (Å²) in [6, 6.07) is 29.5. The zero-order valence-electron chi connectivity index (χ0n) is 19.1. The molecule has 6 rings (SSSR count). The van der Waals surface area contributed by atoms with E-state index < -0.39 is 10.8 Å². The van der Waals surface area contributed by atoms with Crippen LogP contribution in [0.25, 0.3) is 50.8 Å². The van der Waals surface area contributed by atoms with E-state index in [0.717, 1.165) is 28.1 Å². The Kier molecular flexibility index (Phi) is 6.44. The molecule has 6 nitrogen and oxygen atoms in total. The van der Waals surface area contributed by atoms with Crippen molar-refractivity contribution in [2.75, 3.05) is 12.5 Å². The maximum Gasteiger partial charge on any atom is 0.255 e. The average Bonchev–Trinajstić information content (AvgIpc) is 3.44. The summed E-state index contributed by atoms with van der Waals surface area (Å²) in [6.45, 7) is 0. The van der Waals surface area contributed by atoms with E-state index in [1.807, 2.05) is 78.9 Å². The summed E-state index contributed by atoms with van der Waals surface area (Å²) >= 11 is 6.01. The lowest BCUT2D eigenvalue weighted by atomic mass is 10.1. The Morgan fingerprint density at radius 2 is 1.40 bits per heavy atom. The van der Waals surface area contributed by atoms with Crippen LogP contribution in [-0.2, 0) is 10.8 Å². The highest BCUT2D eigenvalue weighted by Gasteiger charge is 2.20. The first-order valence-electron chi connectivity index (χ1n) is 10.8. The van der Waals surface area contributed by atoms with Crippen LogP contribution in [0.1, 0.15) is 0 Å². The lowest BCUT2D eigenvalue weighted by Crippen LogP contribution is -1.96. The molecule has 0 radical (unpaired) electrons. The average molecular weight is 501 g/mol. The summed E-state index contributed by atoms with van der Waals surface area (Å²) in [7, 11) is -0.611. The quantitative estimate of drug-likeness (QED) is 0.276. The minimum absolute atomic E-state index is 0.446. The molecule has 174 valence electrons. The van der Waals surface area contributed by atoms with E-state index in [1.165, 1.54) is 0 Å². The first-order chi connectivity index (χ1) is 17.0. The number of benzene rings is 3. The molecule has 0 aliphatic rings. The maximum absolute atomic E-state index is 9.56. The number of imidazole rings is 1. The molecule has 0 N–H and O–H groups in total. The molecule has 3 aromatic carbocycles. The number of hydrogen-bond acceptors (Lipinski definition) is 5. The third-order valence-electron chi connectivity index (χ3n) is 5.16. The van der Waals surface area contributed by atoms with Gasteiger partial charge in [0.2, 0.25) is 0 Å². The van der Waals surface area contributed by atoms with E-state index in [0.29, 0.717) is 27.8 Å². The number of rotatable bonds is 3. The molecule has 3 heterocycles. The Labute approximate surface area is 209 Å². The van der Waals surface area contributed by atoms with Crippen LogP contribution in [0.4, 0.5) is 0 Å². The third kappa shape index (κ3) is 4.87. The molecular formula is C27H21ClN4O2S. The normalized spacial score (nSPS) is 11.1. The minimum atomic E-state index is -0.611. The van der Waals surface area contributed by atoms with Gasteiger partial charge >= 0.3 is 0 Å². The Balaban J connectivity index is 0.000000591. The van der Waals surface area contributed by atoms with Gasteiger partial charge in [-0.25, -0.2) is 4.98 Å². The molecule has 0 atom stereocenters.